The molecule has 0 aliphatic rings. The van der Waals surface area contributed by atoms with E-state index in [1.54, 1.807) is 36.4 Å². The largest absolute Gasteiger partial charge is 0.497 e. The van der Waals surface area contributed by atoms with Crippen LogP contribution in [0.1, 0.15) is 6.92 Å². The molecule has 0 radical (unpaired) electrons. The number of amides is 1. The number of ether oxygens (including phenoxy) is 1. The third-order valence-corrected chi connectivity index (χ3v) is 5.29. The maximum atomic E-state index is 12.3. The van der Waals surface area contributed by atoms with E-state index in [1.165, 1.54) is 26.2 Å². The Balaban J connectivity index is 2.04. The Labute approximate surface area is 149 Å². The predicted molar refractivity (Wildman–Crippen MR) is 95.5 cm³/mol. The minimum absolute atomic E-state index is 0.0617. The third kappa shape index (κ3) is 4.80. The minimum Gasteiger partial charge on any atom is -0.497 e. The predicted octanol–water partition coefficient (Wildman–Crippen LogP) is 2.76. The van der Waals surface area contributed by atoms with E-state index >= 15 is 0 Å². The van der Waals surface area contributed by atoms with Gasteiger partial charge < -0.3 is 10.1 Å². The summed E-state index contributed by atoms with van der Waals surface area (Å²) in [5.74, 6) is 0.101. The molecule has 0 unspecified atom stereocenters. The van der Waals surface area contributed by atoms with Crippen LogP contribution in [0.3, 0.4) is 0 Å². The van der Waals surface area contributed by atoms with Crippen molar-refractivity contribution in [1.82, 2.24) is 4.72 Å². The summed E-state index contributed by atoms with van der Waals surface area (Å²) in [6.07, 6.45) is 0. The van der Waals surface area contributed by atoms with E-state index in [0.717, 1.165) is 4.47 Å². The van der Waals surface area contributed by atoms with Gasteiger partial charge in [-0.2, -0.15) is 4.72 Å². The summed E-state index contributed by atoms with van der Waals surface area (Å²) < 4.78 is 32.8. The molecule has 0 aromatic heterocycles. The quantitative estimate of drug-likeness (QED) is 0.763. The van der Waals surface area contributed by atoms with Gasteiger partial charge >= 0.3 is 0 Å². The van der Waals surface area contributed by atoms with E-state index in [4.69, 9.17) is 4.74 Å². The molecule has 2 N–H and O–H groups in total. The number of sulfonamides is 1. The van der Waals surface area contributed by atoms with Gasteiger partial charge in [0.15, 0.2) is 0 Å². The van der Waals surface area contributed by atoms with Crippen LogP contribution in [-0.4, -0.2) is 27.5 Å². The maximum Gasteiger partial charge on any atom is 0.242 e. The molecule has 1 atom stereocenters. The average molecular weight is 413 g/mol. The molecule has 0 aliphatic heterocycles. The molecule has 2 aromatic rings. The normalized spacial score (nSPS) is 12.5. The second-order valence-corrected chi connectivity index (χ2v) is 7.64. The van der Waals surface area contributed by atoms with Crippen molar-refractivity contribution in [2.24, 2.45) is 0 Å². The number of rotatable bonds is 6. The van der Waals surface area contributed by atoms with E-state index in [-0.39, 0.29) is 4.90 Å². The van der Waals surface area contributed by atoms with Crippen molar-refractivity contribution >= 4 is 37.5 Å². The number of hydrogen-bond donors (Lipinski definition) is 2. The summed E-state index contributed by atoms with van der Waals surface area (Å²) in [5.41, 5.74) is 0.582. The van der Waals surface area contributed by atoms with E-state index in [1.807, 2.05) is 0 Å². The molecule has 0 heterocycles. The molecule has 0 saturated heterocycles. The Bertz CT molecular complexity index is 805. The minimum atomic E-state index is -3.80. The Kier molecular flexibility index (Phi) is 5.98. The standard InChI is InChI=1S/C16H17BrN2O4S/c1-11(16(20)18-13-5-3-12(17)4-6-13)19-24(21,22)15-9-7-14(23-2)8-10-15/h3-11,19H,1-2H3,(H,18,20)/t11-/m1/s1. The molecular formula is C16H17BrN2O4S. The van der Waals surface area contributed by atoms with Gasteiger partial charge in [-0.05, 0) is 55.5 Å². The zero-order chi connectivity index (χ0) is 17.7. The number of anilines is 1. The molecule has 2 aromatic carbocycles. The van der Waals surface area contributed by atoms with Crippen LogP contribution < -0.4 is 14.8 Å². The highest BCUT2D eigenvalue weighted by molar-refractivity contribution is 9.10. The molecule has 0 saturated carbocycles. The van der Waals surface area contributed by atoms with E-state index in [9.17, 15) is 13.2 Å². The first kappa shape index (κ1) is 18.4. The van der Waals surface area contributed by atoms with Crippen LogP contribution in [0.5, 0.6) is 5.75 Å². The molecule has 128 valence electrons. The van der Waals surface area contributed by atoms with E-state index in [0.29, 0.717) is 11.4 Å². The topological polar surface area (TPSA) is 84.5 Å². The lowest BCUT2D eigenvalue weighted by Gasteiger charge is -2.14. The Hall–Kier alpha value is -1.90. The zero-order valence-electron chi connectivity index (χ0n) is 13.1. The summed E-state index contributed by atoms with van der Waals surface area (Å²) in [5, 5.41) is 2.65. The molecular weight excluding hydrogens is 396 g/mol. The maximum absolute atomic E-state index is 12.3. The molecule has 8 heteroatoms. The average Bonchev–Trinajstić information content (AvgIpc) is 2.56. The number of halogens is 1. The molecule has 24 heavy (non-hydrogen) atoms. The molecule has 0 aliphatic carbocycles. The number of benzene rings is 2. The van der Waals surface area contributed by atoms with Crippen LogP contribution in [0, 0.1) is 0 Å². The van der Waals surface area contributed by atoms with Crippen molar-refractivity contribution in [2.45, 2.75) is 17.9 Å². The molecule has 1 amide bonds. The lowest BCUT2D eigenvalue weighted by molar-refractivity contribution is -0.117. The second-order valence-electron chi connectivity index (χ2n) is 5.01. The zero-order valence-corrected chi connectivity index (χ0v) is 15.5. The first-order valence-corrected chi connectivity index (χ1v) is 9.32. The fourth-order valence-corrected chi connectivity index (χ4v) is 3.36. The number of carbonyl (C=O) groups excluding carboxylic acids is 1. The van der Waals surface area contributed by atoms with Gasteiger partial charge in [-0.25, -0.2) is 8.42 Å². The van der Waals surface area contributed by atoms with Crippen LogP contribution in [0.25, 0.3) is 0 Å². The van der Waals surface area contributed by atoms with E-state index in [2.05, 4.69) is 26.0 Å². The van der Waals surface area contributed by atoms with Crippen LogP contribution in [0.4, 0.5) is 5.69 Å². The molecule has 2 rings (SSSR count). The van der Waals surface area contributed by atoms with Crippen molar-refractivity contribution in [3.63, 3.8) is 0 Å². The van der Waals surface area contributed by atoms with Crippen LogP contribution in [0.15, 0.2) is 57.9 Å². The molecule has 6 nitrogen and oxygen atoms in total. The van der Waals surface area contributed by atoms with Crippen molar-refractivity contribution in [1.29, 1.82) is 0 Å². The highest BCUT2D eigenvalue weighted by Gasteiger charge is 2.22. The summed E-state index contributed by atoms with van der Waals surface area (Å²) in [4.78, 5) is 12.2. The fourth-order valence-electron chi connectivity index (χ4n) is 1.89. The van der Waals surface area contributed by atoms with Crippen molar-refractivity contribution in [3.05, 3.63) is 53.0 Å². The van der Waals surface area contributed by atoms with E-state index < -0.39 is 22.0 Å². The van der Waals surface area contributed by atoms with Crippen molar-refractivity contribution in [3.8, 4) is 5.75 Å². The van der Waals surface area contributed by atoms with Gasteiger partial charge in [0.1, 0.15) is 5.75 Å². The highest BCUT2D eigenvalue weighted by Crippen LogP contribution is 2.17. The molecule has 0 bridgehead atoms. The van der Waals surface area contributed by atoms with Gasteiger partial charge in [0.05, 0.1) is 18.0 Å². The smallest absolute Gasteiger partial charge is 0.242 e. The number of hydrogen-bond acceptors (Lipinski definition) is 4. The summed E-state index contributed by atoms with van der Waals surface area (Å²) >= 11 is 3.30. The Morgan fingerprint density at radius 3 is 2.21 bits per heavy atom. The highest BCUT2D eigenvalue weighted by atomic mass is 79.9. The van der Waals surface area contributed by atoms with Gasteiger partial charge in [0.2, 0.25) is 15.9 Å². The Morgan fingerprint density at radius 1 is 1.08 bits per heavy atom. The Morgan fingerprint density at radius 2 is 1.67 bits per heavy atom. The number of nitrogens with one attached hydrogen (secondary N) is 2. The first-order chi connectivity index (χ1) is 11.3. The van der Waals surface area contributed by atoms with Gasteiger partial charge in [-0.15, -0.1) is 0 Å². The summed E-state index contributed by atoms with van der Waals surface area (Å²) in [6, 6.07) is 12.0. The van der Waals surface area contributed by atoms with Crippen molar-refractivity contribution in [2.75, 3.05) is 12.4 Å². The molecule has 0 fully saturated rings. The van der Waals surface area contributed by atoms with Crippen LogP contribution in [0.2, 0.25) is 0 Å². The third-order valence-electron chi connectivity index (χ3n) is 3.21. The molecule has 0 spiro atoms. The van der Waals surface area contributed by atoms with Crippen LogP contribution >= 0.6 is 15.9 Å². The van der Waals surface area contributed by atoms with Crippen LogP contribution in [-0.2, 0) is 14.8 Å². The van der Waals surface area contributed by atoms with Gasteiger partial charge in [-0.1, -0.05) is 15.9 Å². The van der Waals surface area contributed by atoms with Gasteiger partial charge in [0.25, 0.3) is 0 Å². The fraction of sp³-hybridized carbons (Fsp3) is 0.188. The monoisotopic (exact) mass is 412 g/mol. The van der Waals surface area contributed by atoms with Crippen molar-refractivity contribution < 1.29 is 17.9 Å². The van der Waals surface area contributed by atoms with Gasteiger partial charge in [0, 0.05) is 10.2 Å². The van der Waals surface area contributed by atoms with Gasteiger partial charge in [-0.3, -0.25) is 4.79 Å². The summed E-state index contributed by atoms with van der Waals surface area (Å²) in [6.45, 7) is 1.48. The first-order valence-electron chi connectivity index (χ1n) is 7.04. The lowest BCUT2D eigenvalue weighted by atomic mass is 10.3. The number of methoxy groups -OCH3 is 1. The second kappa shape index (κ2) is 7.78. The number of carbonyl (C=O) groups is 1. The summed E-state index contributed by atoms with van der Waals surface area (Å²) in [7, 11) is -2.31. The SMILES string of the molecule is COc1ccc(S(=O)(=O)N[C@H](C)C(=O)Nc2ccc(Br)cc2)cc1. The lowest BCUT2D eigenvalue weighted by Crippen LogP contribution is -2.41.